The third kappa shape index (κ3) is 2.14. The number of ether oxygens (including phenoxy) is 1. The van der Waals surface area contributed by atoms with E-state index in [4.69, 9.17) is 4.74 Å². The van der Waals surface area contributed by atoms with Gasteiger partial charge in [0, 0.05) is 5.41 Å². The maximum Gasteiger partial charge on any atom is 0.172 e. The van der Waals surface area contributed by atoms with Crippen LogP contribution in [0.3, 0.4) is 0 Å². The van der Waals surface area contributed by atoms with Crippen molar-refractivity contribution in [1.82, 2.24) is 0 Å². The number of halogens is 1. The lowest BCUT2D eigenvalue weighted by Gasteiger charge is -2.26. The molecule has 0 saturated heterocycles. The van der Waals surface area contributed by atoms with Gasteiger partial charge in [0.2, 0.25) is 0 Å². The normalized spacial score (nSPS) is 17.7. The van der Waals surface area contributed by atoms with Crippen LogP contribution >= 0.6 is 0 Å². The number of Topliss-reactive ketones (excluding diaryl/α,β-unsaturated/α-hetero) is 1. The average molecular weight is 250 g/mol. The second-order valence-corrected chi connectivity index (χ2v) is 5.01. The van der Waals surface area contributed by atoms with E-state index < -0.39 is 0 Å². The van der Waals surface area contributed by atoms with E-state index in [2.05, 4.69) is 0 Å². The molecule has 3 heteroatoms. The Morgan fingerprint density at radius 1 is 1.39 bits per heavy atom. The highest BCUT2D eigenvalue weighted by Gasteiger charge is 2.40. The van der Waals surface area contributed by atoms with Crippen molar-refractivity contribution in [2.75, 3.05) is 7.11 Å². The van der Waals surface area contributed by atoms with Crippen LogP contribution in [0.4, 0.5) is 4.39 Å². The van der Waals surface area contributed by atoms with E-state index in [1.165, 1.54) is 25.3 Å². The van der Waals surface area contributed by atoms with Crippen LogP contribution in [0.15, 0.2) is 18.2 Å². The van der Waals surface area contributed by atoms with Crippen LogP contribution in [0.5, 0.6) is 5.75 Å². The molecule has 1 fully saturated rings. The van der Waals surface area contributed by atoms with Crippen molar-refractivity contribution >= 4 is 5.78 Å². The maximum absolute atomic E-state index is 13.4. The number of carbonyl (C=O) groups is 1. The molecule has 0 amide bonds. The predicted octanol–water partition coefficient (Wildman–Crippen LogP) is 3.99. The summed E-state index contributed by atoms with van der Waals surface area (Å²) in [7, 11) is 1.51. The Labute approximate surface area is 107 Å². The molecule has 0 aromatic heterocycles. The number of hydrogen-bond donors (Lipinski definition) is 0. The van der Waals surface area contributed by atoms with Crippen LogP contribution in [-0.2, 0) is 0 Å². The molecule has 0 aliphatic heterocycles. The fraction of sp³-hybridized carbons (Fsp3) is 0.533. The van der Waals surface area contributed by atoms with Gasteiger partial charge >= 0.3 is 0 Å². The minimum atomic E-state index is -0.386. The molecule has 0 spiro atoms. The fourth-order valence-electron chi connectivity index (χ4n) is 2.94. The van der Waals surface area contributed by atoms with Gasteiger partial charge in [-0.2, -0.15) is 0 Å². The smallest absolute Gasteiger partial charge is 0.172 e. The molecule has 98 valence electrons. The largest absolute Gasteiger partial charge is 0.496 e. The zero-order valence-electron chi connectivity index (χ0n) is 11.0. The Kier molecular flexibility index (Phi) is 3.69. The molecule has 2 nitrogen and oxygen atoms in total. The van der Waals surface area contributed by atoms with Gasteiger partial charge in [0.25, 0.3) is 0 Å². The molecule has 2 rings (SSSR count). The van der Waals surface area contributed by atoms with Crippen LogP contribution in [0.25, 0.3) is 0 Å². The highest BCUT2D eigenvalue weighted by molar-refractivity contribution is 6.03. The second-order valence-electron chi connectivity index (χ2n) is 5.01. The van der Waals surface area contributed by atoms with Gasteiger partial charge in [-0.15, -0.1) is 0 Å². The Hall–Kier alpha value is -1.38. The van der Waals surface area contributed by atoms with Gasteiger partial charge in [0.05, 0.1) is 12.7 Å². The summed E-state index contributed by atoms with van der Waals surface area (Å²) in [5, 5.41) is 0. The molecule has 0 atom stereocenters. The summed E-state index contributed by atoms with van der Waals surface area (Å²) in [6, 6.07) is 4.15. The zero-order chi connectivity index (χ0) is 13.2. The number of rotatable bonds is 4. The van der Waals surface area contributed by atoms with Gasteiger partial charge in [-0.05, 0) is 37.5 Å². The first kappa shape index (κ1) is 13.1. The first-order valence-electron chi connectivity index (χ1n) is 6.51. The first-order chi connectivity index (χ1) is 8.63. The Bertz CT molecular complexity index is 448. The van der Waals surface area contributed by atoms with Gasteiger partial charge < -0.3 is 4.74 Å². The molecule has 0 unspecified atom stereocenters. The molecule has 1 aromatic carbocycles. The van der Waals surface area contributed by atoms with Crippen LogP contribution in [0.2, 0.25) is 0 Å². The van der Waals surface area contributed by atoms with Gasteiger partial charge in [-0.25, -0.2) is 4.39 Å². The molecule has 0 radical (unpaired) electrons. The SMILES string of the molecule is CCC1(C(=O)c2cc(F)ccc2OC)CCCC1. The van der Waals surface area contributed by atoms with Crippen LogP contribution in [-0.4, -0.2) is 12.9 Å². The third-order valence-corrected chi connectivity index (χ3v) is 4.13. The van der Waals surface area contributed by atoms with Gasteiger partial charge in [0.15, 0.2) is 5.78 Å². The number of ketones is 1. The Morgan fingerprint density at radius 2 is 2.06 bits per heavy atom. The number of benzene rings is 1. The summed E-state index contributed by atoms with van der Waals surface area (Å²) in [6.07, 6.45) is 4.78. The zero-order valence-corrected chi connectivity index (χ0v) is 11.0. The number of hydrogen-bond acceptors (Lipinski definition) is 2. The molecule has 0 N–H and O–H groups in total. The highest BCUT2D eigenvalue weighted by atomic mass is 19.1. The van der Waals surface area contributed by atoms with E-state index in [1.807, 2.05) is 6.92 Å². The van der Waals surface area contributed by atoms with Crippen molar-refractivity contribution in [3.8, 4) is 5.75 Å². The molecular formula is C15H19FO2. The van der Waals surface area contributed by atoms with Crippen molar-refractivity contribution in [2.24, 2.45) is 5.41 Å². The lowest BCUT2D eigenvalue weighted by molar-refractivity contribution is 0.0787. The van der Waals surface area contributed by atoms with Crippen molar-refractivity contribution in [3.05, 3.63) is 29.6 Å². The average Bonchev–Trinajstić information content (AvgIpc) is 2.87. The van der Waals surface area contributed by atoms with Gasteiger partial charge in [-0.1, -0.05) is 19.8 Å². The molecule has 0 heterocycles. The summed E-state index contributed by atoms with van der Waals surface area (Å²) in [4.78, 5) is 12.7. The third-order valence-electron chi connectivity index (χ3n) is 4.13. The highest BCUT2D eigenvalue weighted by Crippen LogP contribution is 2.44. The van der Waals surface area contributed by atoms with Crippen LogP contribution in [0.1, 0.15) is 49.4 Å². The lowest BCUT2D eigenvalue weighted by Crippen LogP contribution is -2.27. The lowest BCUT2D eigenvalue weighted by atomic mass is 9.76. The van der Waals surface area contributed by atoms with Crippen LogP contribution < -0.4 is 4.74 Å². The van der Waals surface area contributed by atoms with Crippen molar-refractivity contribution < 1.29 is 13.9 Å². The summed E-state index contributed by atoms with van der Waals surface area (Å²) >= 11 is 0. The quantitative estimate of drug-likeness (QED) is 0.755. The van der Waals surface area contributed by atoms with E-state index in [9.17, 15) is 9.18 Å². The minimum Gasteiger partial charge on any atom is -0.496 e. The molecule has 1 aliphatic rings. The molecule has 1 saturated carbocycles. The first-order valence-corrected chi connectivity index (χ1v) is 6.51. The summed E-state index contributed by atoms with van der Waals surface area (Å²) in [5.41, 5.74) is 0.0856. The van der Waals surface area contributed by atoms with E-state index in [1.54, 1.807) is 0 Å². The standard InChI is InChI=1S/C15H19FO2/c1-3-15(8-4-5-9-15)14(17)12-10-11(16)6-7-13(12)18-2/h6-7,10H,3-5,8-9H2,1-2H3. The van der Waals surface area contributed by atoms with Crippen molar-refractivity contribution in [2.45, 2.75) is 39.0 Å². The Morgan fingerprint density at radius 3 is 2.61 bits per heavy atom. The monoisotopic (exact) mass is 250 g/mol. The van der Waals surface area contributed by atoms with Crippen LogP contribution in [0, 0.1) is 11.2 Å². The topological polar surface area (TPSA) is 26.3 Å². The number of methoxy groups -OCH3 is 1. The molecular weight excluding hydrogens is 231 g/mol. The number of carbonyl (C=O) groups excluding carboxylic acids is 1. The van der Waals surface area contributed by atoms with E-state index >= 15 is 0 Å². The van der Waals surface area contributed by atoms with Gasteiger partial charge in [-0.3, -0.25) is 4.79 Å². The van der Waals surface area contributed by atoms with Crippen molar-refractivity contribution in [3.63, 3.8) is 0 Å². The summed E-state index contributed by atoms with van der Waals surface area (Å²) in [6.45, 7) is 2.04. The molecule has 1 aliphatic carbocycles. The summed E-state index contributed by atoms with van der Waals surface area (Å²) in [5.74, 6) is 0.128. The minimum absolute atomic E-state index is 0.0406. The van der Waals surface area contributed by atoms with Gasteiger partial charge in [0.1, 0.15) is 11.6 Å². The molecule has 18 heavy (non-hydrogen) atoms. The van der Waals surface area contributed by atoms with E-state index in [0.717, 1.165) is 32.1 Å². The predicted molar refractivity (Wildman–Crippen MR) is 68.5 cm³/mol. The summed E-state index contributed by atoms with van der Waals surface area (Å²) < 4.78 is 18.5. The molecule has 1 aromatic rings. The maximum atomic E-state index is 13.4. The second kappa shape index (κ2) is 5.09. The fourth-order valence-corrected chi connectivity index (χ4v) is 2.94. The van der Waals surface area contributed by atoms with Crippen molar-refractivity contribution in [1.29, 1.82) is 0 Å². The molecule has 0 bridgehead atoms. The Balaban J connectivity index is 2.41. The van der Waals surface area contributed by atoms with E-state index in [-0.39, 0.29) is 17.0 Å². The van der Waals surface area contributed by atoms with E-state index in [0.29, 0.717) is 11.3 Å².